The zero-order valence-electron chi connectivity index (χ0n) is 18.1. The maximum atomic E-state index is 13.8. The molecule has 0 radical (unpaired) electrons. The number of anilines is 1. The van der Waals surface area contributed by atoms with Gasteiger partial charge in [0.25, 0.3) is 6.47 Å². The largest absolute Gasteiger partial charge is 0.489 e. The summed E-state index contributed by atoms with van der Waals surface area (Å²) in [4.78, 5) is 10.9. The summed E-state index contributed by atoms with van der Waals surface area (Å²) in [5.41, 5.74) is 2.23. The van der Waals surface area contributed by atoms with E-state index in [1.165, 1.54) is 31.0 Å². The van der Waals surface area contributed by atoms with E-state index in [1.807, 2.05) is 36.4 Å². The van der Waals surface area contributed by atoms with Crippen LogP contribution in [0.5, 0.6) is 17.2 Å². The summed E-state index contributed by atoms with van der Waals surface area (Å²) < 4.78 is 25.4. The van der Waals surface area contributed by atoms with E-state index in [0.29, 0.717) is 18.4 Å². The fourth-order valence-electron chi connectivity index (χ4n) is 3.85. The van der Waals surface area contributed by atoms with Crippen LogP contribution < -0.4 is 14.4 Å². The van der Waals surface area contributed by atoms with Crippen molar-refractivity contribution in [1.82, 2.24) is 0 Å². The molecular formula is C26H28FNO4. The molecule has 0 unspecified atom stereocenters. The summed E-state index contributed by atoms with van der Waals surface area (Å²) in [5, 5.41) is 6.89. The molecular weight excluding hydrogens is 409 g/mol. The van der Waals surface area contributed by atoms with Crippen LogP contribution in [0.1, 0.15) is 31.7 Å². The van der Waals surface area contributed by atoms with Gasteiger partial charge in [-0.3, -0.25) is 4.79 Å². The number of hydrogen-bond acceptors (Lipinski definition) is 4. The molecule has 0 saturated carbocycles. The average Bonchev–Trinajstić information content (AvgIpc) is 3.29. The number of benzene rings is 3. The van der Waals surface area contributed by atoms with E-state index >= 15 is 0 Å². The SMILES string of the molecule is CC[C@@H]1CCCN1c1ccc(OCc2cccc(Oc3ccccc3F)c2)cc1.O=CO. The molecule has 32 heavy (non-hydrogen) atoms. The summed E-state index contributed by atoms with van der Waals surface area (Å²) in [6.45, 7) is 3.56. The van der Waals surface area contributed by atoms with Crippen LogP contribution in [0.3, 0.4) is 0 Å². The first-order chi connectivity index (χ1) is 15.6. The van der Waals surface area contributed by atoms with Crippen LogP contribution in [-0.2, 0) is 11.4 Å². The van der Waals surface area contributed by atoms with Crippen molar-refractivity contribution < 1.29 is 23.8 Å². The van der Waals surface area contributed by atoms with Crippen molar-refractivity contribution >= 4 is 12.2 Å². The Morgan fingerprint density at radius 1 is 1.06 bits per heavy atom. The van der Waals surface area contributed by atoms with Crippen LogP contribution in [0.2, 0.25) is 0 Å². The van der Waals surface area contributed by atoms with E-state index in [9.17, 15) is 4.39 Å². The van der Waals surface area contributed by atoms with Crippen LogP contribution in [0.25, 0.3) is 0 Å². The standard InChI is InChI=1S/C25H26FNO2.CH2O2/c1-2-20-8-6-16-27(20)21-12-14-22(15-13-21)28-18-19-7-5-9-23(17-19)29-25-11-4-3-10-24(25)26;2-1-3/h3-5,7,9-15,17,20H,2,6,8,16,18H2,1H3;1H,(H,2,3)/t20-;/m1./s1. The minimum Gasteiger partial charge on any atom is -0.489 e. The molecule has 1 atom stereocenters. The highest BCUT2D eigenvalue weighted by atomic mass is 19.1. The van der Waals surface area contributed by atoms with Gasteiger partial charge in [0.15, 0.2) is 11.6 Å². The van der Waals surface area contributed by atoms with Gasteiger partial charge in [-0.1, -0.05) is 31.2 Å². The van der Waals surface area contributed by atoms with E-state index < -0.39 is 0 Å². The molecule has 168 valence electrons. The van der Waals surface area contributed by atoms with Crippen LogP contribution in [0.4, 0.5) is 10.1 Å². The predicted octanol–water partition coefficient (Wildman–Crippen LogP) is 6.28. The molecule has 0 spiro atoms. The Morgan fingerprint density at radius 2 is 1.81 bits per heavy atom. The van der Waals surface area contributed by atoms with Gasteiger partial charge >= 0.3 is 0 Å². The molecule has 1 aliphatic heterocycles. The first kappa shape index (κ1) is 23.1. The zero-order chi connectivity index (χ0) is 22.8. The van der Waals surface area contributed by atoms with Crippen molar-refractivity contribution in [3.63, 3.8) is 0 Å². The smallest absolute Gasteiger partial charge is 0.290 e. The summed E-state index contributed by atoms with van der Waals surface area (Å²) >= 11 is 0. The molecule has 3 aromatic rings. The normalized spacial score (nSPS) is 14.9. The molecule has 1 aliphatic rings. The third-order valence-electron chi connectivity index (χ3n) is 5.39. The fraction of sp³-hybridized carbons (Fsp3) is 0.269. The maximum Gasteiger partial charge on any atom is 0.290 e. The van der Waals surface area contributed by atoms with Crippen molar-refractivity contribution in [3.8, 4) is 17.2 Å². The van der Waals surface area contributed by atoms with Crippen LogP contribution >= 0.6 is 0 Å². The van der Waals surface area contributed by atoms with Crippen LogP contribution in [0.15, 0.2) is 72.8 Å². The third-order valence-corrected chi connectivity index (χ3v) is 5.39. The lowest BCUT2D eigenvalue weighted by molar-refractivity contribution is -0.122. The van der Waals surface area contributed by atoms with Gasteiger partial charge in [-0.05, 0) is 73.4 Å². The minimum atomic E-state index is -0.377. The van der Waals surface area contributed by atoms with Crippen molar-refractivity contribution in [2.24, 2.45) is 0 Å². The number of para-hydroxylation sites is 1. The van der Waals surface area contributed by atoms with Crippen molar-refractivity contribution in [3.05, 3.63) is 84.2 Å². The quantitative estimate of drug-likeness (QED) is 0.441. The summed E-state index contributed by atoms with van der Waals surface area (Å²) in [7, 11) is 0. The first-order valence-electron chi connectivity index (χ1n) is 10.7. The lowest BCUT2D eigenvalue weighted by atomic mass is 10.1. The molecule has 0 amide bonds. The number of halogens is 1. The van der Waals surface area contributed by atoms with Gasteiger partial charge in [0.1, 0.15) is 18.1 Å². The average molecular weight is 438 g/mol. The molecule has 1 N–H and O–H groups in total. The lowest BCUT2D eigenvalue weighted by Crippen LogP contribution is -2.28. The zero-order valence-corrected chi connectivity index (χ0v) is 18.1. The molecule has 0 aromatic heterocycles. The number of rotatable bonds is 7. The molecule has 5 nitrogen and oxygen atoms in total. The van der Waals surface area contributed by atoms with Crippen molar-refractivity contribution in [2.75, 3.05) is 11.4 Å². The molecule has 6 heteroatoms. The second-order valence-corrected chi connectivity index (χ2v) is 7.47. The van der Waals surface area contributed by atoms with Crippen LogP contribution in [0, 0.1) is 5.82 Å². The van der Waals surface area contributed by atoms with E-state index in [0.717, 1.165) is 17.9 Å². The van der Waals surface area contributed by atoms with Gasteiger partial charge in [-0.2, -0.15) is 0 Å². The van der Waals surface area contributed by atoms with Gasteiger partial charge in [0.05, 0.1) is 0 Å². The van der Waals surface area contributed by atoms with Crippen molar-refractivity contribution in [1.29, 1.82) is 0 Å². The summed E-state index contributed by atoms with van der Waals surface area (Å²) in [6.07, 6.45) is 3.73. The summed E-state index contributed by atoms with van der Waals surface area (Å²) in [5.74, 6) is 1.26. The second-order valence-electron chi connectivity index (χ2n) is 7.47. The van der Waals surface area contributed by atoms with Gasteiger partial charge < -0.3 is 19.5 Å². The molecule has 1 fully saturated rings. The highest BCUT2D eigenvalue weighted by Crippen LogP contribution is 2.29. The third kappa shape index (κ3) is 6.23. The first-order valence-corrected chi connectivity index (χ1v) is 10.7. The number of hydrogen-bond donors (Lipinski definition) is 1. The maximum absolute atomic E-state index is 13.8. The van der Waals surface area contributed by atoms with Crippen molar-refractivity contribution in [2.45, 2.75) is 38.8 Å². The second kappa shape index (κ2) is 11.7. The van der Waals surface area contributed by atoms with Gasteiger partial charge in [-0.15, -0.1) is 0 Å². The Labute approximate surface area is 188 Å². The fourth-order valence-corrected chi connectivity index (χ4v) is 3.85. The van der Waals surface area contributed by atoms with Gasteiger partial charge in [-0.25, -0.2) is 4.39 Å². The molecule has 3 aromatic carbocycles. The summed E-state index contributed by atoms with van der Waals surface area (Å²) in [6, 6.07) is 22.9. The monoisotopic (exact) mass is 437 g/mol. The highest BCUT2D eigenvalue weighted by Gasteiger charge is 2.22. The Kier molecular flexibility index (Phi) is 8.49. The van der Waals surface area contributed by atoms with E-state index in [1.54, 1.807) is 18.2 Å². The van der Waals surface area contributed by atoms with E-state index in [-0.39, 0.29) is 18.0 Å². The Hall–Kier alpha value is -3.54. The Balaban J connectivity index is 0.000000913. The predicted molar refractivity (Wildman–Crippen MR) is 123 cm³/mol. The Bertz CT molecular complexity index is 993. The van der Waals surface area contributed by atoms with E-state index in [4.69, 9.17) is 19.4 Å². The number of carboxylic acid groups (broad SMARTS) is 1. The highest BCUT2D eigenvalue weighted by molar-refractivity contribution is 5.50. The number of ether oxygens (including phenoxy) is 2. The molecule has 1 saturated heterocycles. The molecule has 4 rings (SSSR count). The van der Waals surface area contributed by atoms with E-state index in [2.05, 4.69) is 24.0 Å². The number of nitrogens with zero attached hydrogens (tertiary/aromatic N) is 1. The number of carbonyl (C=O) groups is 1. The topological polar surface area (TPSA) is 59.0 Å². The lowest BCUT2D eigenvalue weighted by Gasteiger charge is -2.26. The van der Waals surface area contributed by atoms with Crippen LogP contribution in [-0.4, -0.2) is 24.2 Å². The van der Waals surface area contributed by atoms with Gasteiger partial charge in [0, 0.05) is 18.3 Å². The van der Waals surface area contributed by atoms with Gasteiger partial charge in [0.2, 0.25) is 0 Å². The molecule has 1 heterocycles. The molecule has 0 bridgehead atoms. The Morgan fingerprint density at radius 3 is 2.53 bits per heavy atom. The molecule has 0 aliphatic carbocycles. The minimum absolute atomic E-state index is 0.216.